The van der Waals surface area contributed by atoms with Gasteiger partial charge in [-0.25, -0.2) is 9.78 Å². The molecule has 0 aromatic carbocycles. The fourth-order valence-corrected chi connectivity index (χ4v) is 1.30. The molecule has 0 fully saturated rings. The molecule has 0 saturated heterocycles. The first kappa shape index (κ1) is 10.8. The third-order valence-corrected chi connectivity index (χ3v) is 1.88. The van der Waals surface area contributed by atoms with Gasteiger partial charge in [0.2, 0.25) is 0 Å². The first-order valence-electron chi connectivity index (χ1n) is 4.76. The molecular weight excluding hydrogens is 182 g/mol. The van der Waals surface area contributed by atoms with E-state index in [2.05, 4.69) is 18.8 Å². The molecule has 0 spiro atoms. The van der Waals surface area contributed by atoms with Crippen LogP contribution in [0.3, 0.4) is 0 Å². The van der Waals surface area contributed by atoms with E-state index in [1.54, 1.807) is 0 Å². The van der Waals surface area contributed by atoms with Crippen molar-refractivity contribution < 1.29 is 14.3 Å². The number of hydrogen-bond donors (Lipinski definition) is 1. The van der Waals surface area contributed by atoms with E-state index in [-0.39, 0.29) is 5.89 Å². The van der Waals surface area contributed by atoms with Crippen molar-refractivity contribution >= 4 is 5.97 Å². The molecule has 0 aliphatic rings. The van der Waals surface area contributed by atoms with Gasteiger partial charge in [-0.2, -0.15) is 0 Å². The van der Waals surface area contributed by atoms with Crippen molar-refractivity contribution in [3.8, 4) is 0 Å². The average Bonchev–Trinajstić information content (AvgIpc) is 2.46. The Bertz CT molecular complexity index is 328. The second kappa shape index (κ2) is 4.26. The van der Waals surface area contributed by atoms with Crippen molar-refractivity contribution in [2.45, 2.75) is 33.6 Å². The second-order valence-electron chi connectivity index (χ2n) is 3.65. The van der Waals surface area contributed by atoms with Crippen molar-refractivity contribution in [3.63, 3.8) is 0 Å². The van der Waals surface area contributed by atoms with Gasteiger partial charge in [0.25, 0.3) is 0 Å². The molecule has 1 aromatic heterocycles. The normalized spacial score (nSPS) is 10.9. The van der Waals surface area contributed by atoms with Crippen LogP contribution in [0.4, 0.5) is 0 Å². The van der Waals surface area contributed by atoms with Crippen LogP contribution < -0.4 is 0 Å². The number of aromatic nitrogens is 1. The SMILES string of the molecule is CCc1oc(C(=O)O)nc1CC(C)C. The van der Waals surface area contributed by atoms with Crippen molar-refractivity contribution in [2.24, 2.45) is 5.92 Å². The van der Waals surface area contributed by atoms with Crippen LogP contribution in [-0.2, 0) is 12.8 Å². The summed E-state index contributed by atoms with van der Waals surface area (Å²) >= 11 is 0. The molecule has 0 saturated carbocycles. The molecule has 14 heavy (non-hydrogen) atoms. The van der Waals surface area contributed by atoms with Gasteiger partial charge in [0, 0.05) is 6.42 Å². The van der Waals surface area contributed by atoms with Gasteiger partial charge in [0.05, 0.1) is 5.69 Å². The lowest BCUT2D eigenvalue weighted by Crippen LogP contribution is -1.99. The van der Waals surface area contributed by atoms with Crippen molar-refractivity contribution in [1.29, 1.82) is 0 Å². The molecule has 1 heterocycles. The van der Waals surface area contributed by atoms with Crippen LogP contribution in [0.2, 0.25) is 0 Å². The lowest BCUT2D eigenvalue weighted by atomic mass is 10.1. The molecule has 4 heteroatoms. The van der Waals surface area contributed by atoms with Gasteiger partial charge in [-0.15, -0.1) is 0 Å². The zero-order valence-corrected chi connectivity index (χ0v) is 8.70. The number of carboxylic acids is 1. The van der Waals surface area contributed by atoms with E-state index < -0.39 is 5.97 Å². The maximum absolute atomic E-state index is 10.6. The Morgan fingerprint density at radius 3 is 2.64 bits per heavy atom. The Hall–Kier alpha value is -1.32. The van der Waals surface area contributed by atoms with E-state index in [9.17, 15) is 4.79 Å². The Morgan fingerprint density at radius 1 is 1.57 bits per heavy atom. The fourth-order valence-electron chi connectivity index (χ4n) is 1.30. The monoisotopic (exact) mass is 197 g/mol. The summed E-state index contributed by atoms with van der Waals surface area (Å²) in [5.74, 6) is -0.157. The fraction of sp³-hybridized carbons (Fsp3) is 0.600. The Kier molecular flexibility index (Phi) is 3.28. The standard InChI is InChI=1S/C10H15NO3/c1-4-8-7(5-6(2)3)11-9(14-8)10(12)13/h6H,4-5H2,1-3H3,(H,12,13). The zero-order chi connectivity index (χ0) is 10.7. The third-order valence-electron chi connectivity index (χ3n) is 1.88. The first-order chi connectivity index (χ1) is 6.54. The first-order valence-corrected chi connectivity index (χ1v) is 4.76. The Labute approximate surface area is 83.0 Å². The van der Waals surface area contributed by atoms with Crippen LogP contribution in [0.15, 0.2) is 4.42 Å². The summed E-state index contributed by atoms with van der Waals surface area (Å²) in [7, 11) is 0. The van der Waals surface area contributed by atoms with Gasteiger partial charge in [0.1, 0.15) is 5.76 Å². The highest BCUT2D eigenvalue weighted by Gasteiger charge is 2.17. The summed E-state index contributed by atoms with van der Waals surface area (Å²) in [6.45, 7) is 6.05. The van der Waals surface area contributed by atoms with E-state index in [1.165, 1.54) is 0 Å². The topological polar surface area (TPSA) is 63.3 Å². The molecule has 0 bridgehead atoms. The molecular formula is C10H15NO3. The highest BCUT2D eigenvalue weighted by Crippen LogP contribution is 2.15. The number of carboxylic acid groups (broad SMARTS) is 1. The molecule has 0 aliphatic heterocycles. The predicted octanol–water partition coefficient (Wildman–Crippen LogP) is 2.13. The number of hydrogen-bond acceptors (Lipinski definition) is 3. The minimum absolute atomic E-state index is 0.197. The van der Waals surface area contributed by atoms with Crippen molar-refractivity contribution in [2.75, 3.05) is 0 Å². The van der Waals surface area contributed by atoms with Gasteiger partial charge in [0.15, 0.2) is 0 Å². The second-order valence-corrected chi connectivity index (χ2v) is 3.65. The van der Waals surface area contributed by atoms with Gasteiger partial charge in [-0.3, -0.25) is 0 Å². The van der Waals surface area contributed by atoms with Crippen LogP contribution in [0.1, 0.15) is 42.9 Å². The van der Waals surface area contributed by atoms with Crippen molar-refractivity contribution in [3.05, 3.63) is 17.3 Å². The van der Waals surface area contributed by atoms with E-state index in [1.807, 2.05) is 6.92 Å². The zero-order valence-electron chi connectivity index (χ0n) is 8.70. The van der Waals surface area contributed by atoms with Gasteiger partial charge in [-0.1, -0.05) is 20.8 Å². The maximum Gasteiger partial charge on any atom is 0.392 e. The Morgan fingerprint density at radius 2 is 2.21 bits per heavy atom. The highest BCUT2D eigenvalue weighted by atomic mass is 16.4. The summed E-state index contributed by atoms with van der Waals surface area (Å²) in [5, 5.41) is 8.70. The van der Waals surface area contributed by atoms with E-state index in [0.29, 0.717) is 18.1 Å². The number of carbonyl (C=O) groups is 1. The lowest BCUT2D eigenvalue weighted by Gasteiger charge is -2.00. The van der Waals surface area contributed by atoms with Crippen LogP contribution in [0, 0.1) is 5.92 Å². The number of rotatable bonds is 4. The molecule has 0 atom stereocenters. The summed E-state index contributed by atoms with van der Waals surface area (Å²) in [6.07, 6.45) is 1.45. The summed E-state index contributed by atoms with van der Waals surface area (Å²) < 4.78 is 5.12. The van der Waals surface area contributed by atoms with Crippen LogP contribution in [-0.4, -0.2) is 16.1 Å². The smallest absolute Gasteiger partial charge is 0.392 e. The Balaban J connectivity index is 2.96. The van der Waals surface area contributed by atoms with Gasteiger partial charge >= 0.3 is 11.9 Å². The largest absolute Gasteiger partial charge is 0.474 e. The molecule has 78 valence electrons. The number of oxazole rings is 1. The molecule has 0 amide bonds. The molecule has 0 radical (unpaired) electrons. The van der Waals surface area contributed by atoms with E-state index in [0.717, 1.165) is 12.1 Å². The molecule has 0 aliphatic carbocycles. The van der Waals surface area contributed by atoms with Gasteiger partial charge in [-0.05, 0) is 12.3 Å². The summed E-state index contributed by atoms with van der Waals surface area (Å²) in [4.78, 5) is 14.6. The third kappa shape index (κ3) is 2.34. The number of nitrogens with zero attached hydrogens (tertiary/aromatic N) is 1. The van der Waals surface area contributed by atoms with Crippen LogP contribution >= 0.6 is 0 Å². The molecule has 1 N–H and O–H groups in total. The summed E-state index contributed by atoms with van der Waals surface area (Å²) in [5.41, 5.74) is 0.778. The number of aryl methyl sites for hydroxylation is 1. The summed E-state index contributed by atoms with van der Waals surface area (Å²) in [6, 6.07) is 0. The minimum atomic E-state index is -1.10. The predicted molar refractivity (Wildman–Crippen MR) is 51.4 cm³/mol. The maximum atomic E-state index is 10.6. The highest BCUT2D eigenvalue weighted by molar-refractivity contribution is 5.82. The minimum Gasteiger partial charge on any atom is -0.474 e. The van der Waals surface area contributed by atoms with Gasteiger partial charge < -0.3 is 9.52 Å². The quantitative estimate of drug-likeness (QED) is 0.803. The molecule has 0 unspecified atom stereocenters. The van der Waals surface area contributed by atoms with Crippen LogP contribution in [0.25, 0.3) is 0 Å². The molecule has 1 rings (SSSR count). The van der Waals surface area contributed by atoms with E-state index in [4.69, 9.17) is 9.52 Å². The van der Waals surface area contributed by atoms with Crippen LogP contribution in [0.5, 0.6) is 0 Å². The molecule has 1 aromatic rings. The van der Waals surface area contributed by atoms with Crippen molar-refractivity contribution in [1.82, 2.24) is 4.98 Å². The number of aromatic carboxylic acids is 1. The van der Waals surface area contributed by atoms with E-state index >= 15 is 0 Å². The average molecular weight is 197 g/mol. The molecule has 4 nitrogen and oxygen atoms in total. The lowest BCUT2D eigenvalue weighted by molar-refractivity contribution is 0.0651.